The molecule has 4 heteroatoms. The summed E-state index contributed by atoms with van der Waals surface area (Å²) in [6.45, 7) is 2.25. The summed E-state index contributed by atoms with van der Waals surface area (Å²) in [6.07, 6.45) is 4.14. The highest BCUT2D eigenvalue weighted by atomic mass is 16.1. The third-order valence-electron chi connectivity index (χ3n) is 4.28. The first-order chi connectivity index (χ1) is 11.2. The van der Waals surface area contributed by atoms with E-state index in [-0.39, 0.29) is 5.91 Å². The Hall–Kier alpha value is -2.49. The lowest BCUT2D eigenvalue weighted by Crippen LogP contribution is -2.29. The van der Waals surface area contributed by atoms with Gasteiger partial charge in [-0.15, -0.1) is 0 Å². The number of hydrogen-bond acceptors (Lipinski definition) is 3. The van der Waals surface area contributed by atoms with Gasteiger partial charge in [0.1, 0.15) is 0 Å². The van der Waals surface area contributed by atoms with Crippen LogP contribution in [0.15, 0.2) is 48.5 Å². The fourth-order valence-corrected chi connectivity index (χ4v) is 2.98. The molecule has 3 rings (SSSR count). The Kier molecular flexibility index (Phi) is 4.81. The van der Waals surface area contributed by atoms with Crippen molar-refractivity contribution < 1.29 is 4.79 Å². The van der Waals surface area contributed by atoms with Gasteiger partial charge < -0.3 is 16.0 Å². The Bertz CT molecular complexity index is 661. The van der Waals surface area contributed by atoms with Gasteiger partial charge in [0, 0.05) is 30.2 Å². The molecule has 0 spiro atoms. The first-order valence-corrected chi connectivity index (χ1v) is 8.20. The molecule has 0 aliphatic carbocycles. The van der Waals surface area contributed by atoms with Gasteiger partial charge in [-0.05, 0) is 55.2 Å². The standard InChI is InChI=1S/C19H23N3O/c20-18-7-3-2-6-15(18)14-19(23)21-16-8-10-17(11-9-16)22-12-4-1-5-13-22/h2-3,6-11H,1,4-5,12-14,20H2,(H,21,23). The highest BCUT2D eigenvalue weighted by Crippen LogP contribution is 2.22. The summed E-state index contributed by atoms with van der Waals surface area (Å²) < 4.78 is 0. The van der Waals surface area contributed by atoms with E-state index in [0.29, 0.717) is 12.1 Å². The van der Waals surface area contributed by atoms with E-state index in [9.17, 15) is 4.79 Å². The van der Waals surface area contributed by atoms with E-state index < -0.39 is 0 Å². The van der Waals surface area contributed by atoms with E-state index in [4.69, 9.17) is 5.73 Å². The number of nitrogen functional groups attached to an aromatic ring is 1. The zero-order valence-electron chi connectivity index (χ0n) is 13.3. The molecule has 3 N–H and O–H groups in total. The van der Waals surface area contributed by atoms with E-state index in [1.54, 1.807) is 0 Å². The van der Waals surface area contributed by atoms with Crippen LogP contribution in [0.4, 0.5) is 17.1 Å². The van der Waals surface area contributed by atoms with Gasteiger partial charge in [-0.3, -0.25) is 4.79 Å². The van der Waals surface area contributed by atoms with Crippen LogP contribution < -0.4 is 16.0 Å². The molecule has 0 radical (unpaired) electrons. The number of carbonyl (C=O) groups is 1. The van der Waals surface area contributed by atoms with Gasteiger partial charge in [-0.25, -0.2) is 0 Å². The van der Waals surface area contributed by atoms with Gasteiger partial charge in [0.2, 0.25) is 5.91 Å². The molecular weight excluding hydrogens is 286 g/mol. The van der Waals surface area contributed by atoms with E-state index in [1.807, 2.05) is 36.4 Å². The maximum Gasteiger partial charge on any atom is 0.228 e. The van der Waals surface area contributed by atoms with Crippen LogP contribution in [0.2, 0.25) is 0 Å². The summed E-state index contributed by atoms with van der Waals surface area (Å²) in [5.74, 6) is -0.0476. The SMILES string of the molecule is Nc1ccccc1CC(=O)Nc1ccc(N2CCCCC2)cc1. The molecule has 0 aromatic heterocycles. The van der Waals surface area contributed by atoms with Gasteiger partial charge in [0.05, 0.1) is 6.42 Å². The molecule has 2 aromatic rings. The number of benzene rings is 2. The maximum atomic E-state index is 12.1. The van der Waals surface area contributed by atoms with Crippen LogP contribution in [0.5, 0.6) is 0 Å². The molecule has 0 unspecified atom stereocenters. The third kappa shape index (κ3) is 4.03. The number of nitrogens with two attached hydrogens (primary N) is 1. The minimum atomic E-state index is -0.0476. The van der Waals surface area contributed by atoms with Crippen molar-refractivity contribution in [2.45, 2.75) is 25.7 Å². The molecule has 0 atom stereocenters. The van der Waals surface area contributed by atoms with Crippen molar-refractivity contribution in [2.75, 3.05) is 29.0 Å². The summed E-state index contributed by atoms with van der Waals surface area (Å²) in [6, 6.07) is 15.6. The van der Waals surface area contributed by atoms with Gasteiger partial charge in [0.25, 0.3) is 0 Å². The van der Waals surface area contributed by atoms with E-state index in [0.717, 1.165) is 24.3 Å². The summed E-state index contributed by atoms with van der Waals surface area (Å²) in [4.78, 5) is 14.5. The Balaban J connectivity index is 1.59. The Morgan fingerprint density at radius 3 is 2.39 bits per heavy atom. The largest absolute Gasteiger partial charge is 0.398 e. The fourth-order valence-electron chi connectivity index (χ4n) is 2.98. The molecule has 1 heterocycles. The second-order valence-corrected chi connectivity index (χ2v) is 6.02. The molecule has 2 aromatic carbocycles. The number of anilines is 3. The lowest BCUT2D eigenvalue weighted by Gasteiger charge is -2.28. The summed E-state index contributed by atoms with van der Waals surface area (Å²) in [5.41, 5.74) is 9.45. The van der Waals surface area contributed by atoms with Crippen molar-refractivity contribution in [3.63, 3.8) is 0 Å². The van der Waals surface area contributed by atoms with Crippen LogP contribution in [0.1, 0.15) is 24.8 Å². The van der Waals surface area contributed by atoms with Crippen molar-refractivity contribution >= 4 is 23.0 Å². The topological polar surface area (TPSA) is 58.4 Å². The molecular formula is C19H23N3O. The lowest BCUT2D eigenvalue weighted by molar-refractivity contribution is -0.115. The second-order valence-electron chi connectivity index (χ2n) is 6.02. The Morgan fingerprint density at radius 2 is 1.70 bits per heavy atom. The Labute approximate surface area is 137 Å². The summed E-state index contributed by atoms with van der Waals surface area (Å²) in [7, 11) is 0. The smallest absolute Gasteiger partial charge is 0.228 e. The number of para-hydroxylation sites is 1. The van der Waals surface area contributed by atoms with E-state index >= 15 is 0 Å². The average molecular weight is 309 g/mol. The third-order valence-corrected chi connectivity index (χ3v) is 4.28. The molecule has 4 nitrogen and oxygen atoms in total. The zero-order chi connectivity index (χ0) is 16.1. The molecule has 1 aliphatic heterocycles. The van der Waals surface area contributed by atoms with Crippen LogP contribution in [0.3, 0.4) is 0 Å². The second kappa shape index (κ2) is 7.18. The normalized spacial score (nSPS) is 14.5. The summed E-state index contributed by atoms with van der Waals surface area (Å²) in [5, 5.41) is 2.93. The van der Waals surface area contributed by atoms with Gasteiger partial charge >= 0.3 is 0 Å². The van der Waals surface area contributed by atoms with Crippen LogP contribution in [-0.4, -0.2) is 19.0 Å². The lowest BCUT2D eigenvalue weighted by atomic mass is 10.1. The number of nitrogens with one attached hydrogen (secondary N) is 1. The number of rotatable bonds is 4. The van der Waals surface area contributed by atoms with Crippen molar-refractivity contribution in [1.29, 1.82) is 0 Å². The predicted octanol–water partition coefficient (Wildman–Crippen LogP) is 3.44. The molecule has 120 valence electrons. The average Bonchev–Trinajstić information content (AvgIpc) is 2.58. The first kappa shape index (κ1) is 15.4. The van der Waals surface area contributed by atoms with Crippen LogP contribution in [-0.2, 0) is 11.2 Å². The van der Waals surface area contributed by atoms with Crippen molar-refractivity contribution in [2.24, 2.45) is 0 Å². The minimum absolute atomic E-state index is 0.0476. The highest BCUT2D eigenvalue weighted by molar-refractivity contribution is 5.93. The molecule has 0 bridgehead atoms. The number of carbonyl (C=O) groups excluding carboxylic acids is 1. The summed E-state index contributed by atoms with van der Waals surface area (Å²) >= 11 is 0. The van der Waals surface area contributed by atoms with Crippen LogP contribution in [0.25, 0.3) is 0 Å². The molecule has 1 amide bonds. The van der Waals surface area contributed by atoms with Crippen LogP contribution in [0, 0.1) is 0 Å². The van der Waals surface area contributed by atoms with E-state index in [2.05, 4.69) is 22.3 Å². The number of piperidine rings is 1. The number of hydrogen-bond donors (Lipinski definition) is 2. The van der Waals surface area contributed by atoms with Crippen molar-refractivity contribution in [3.05, 3.63) is 54.1 Å². The van der Waals surface area contributed by atoms with Crippen molar-refractivity contribution in [3.8, 4) is 0 Å². The molecule has 1 aliphatic rings. The monoisotopic (exact) mass is 309 g/mol. The zero-order valence-corrected chi connectivity index (χ0v) is 13.3. The van der Waals surface area contributed by atoms with Crippen molar-refractivity contribution in [1.82, 2.24) is 0 Å². The number of nitrogens with zero attached hydrogens (tertiary/aromatic N) is 1. The molecule has 1 saturated heterocycles. The van der Waals surface area contributed by atoms with Gasteiger partial charge in [-0.2, -0.15) is 0 Å². The quantitative estimate of drug-likeness (QED) is 0.851. The Morgan fingerprint density at radius 1 is 1.00 bits per heavy atom. The highest BCUT2D eigenvalue weighted by Gasteiger charge is 2.11. The van der Waals surface area contributed by atoms with Gasteiger partial charge in [-0.1, -0.05) is 18.2 Å². The van der Waals surface area contributed by atoms with Crippen LogP contribution >= 0.6 is 0 Å². The molecule has 1 fully saturated rings. The van der Waals surface area contributed by atoms with E-state index in [1.165, 1.54) is 24.9 Å². The van der Waals surface area contributed by atoms with Gasteiger partial charge in [0.15, 0.2) is 0 Å². The number of amides is 1. The maximum absolute atomic E-state index is 12.1. The molecule has 23 heavy (non-hydrogen) atoms. The fraction of sp³-hybridized carbons (Fsp3) is 0.316. The minimum Gasteiger partial charge on any atom is -0.398 e. The predicted molar refractivity (Wildman–Crippen MR) is 95.7 cm³/mol. The first-order valence-electron chi connectivity index (χ1n) is 8.20. The molecule has 0 saturated carbocycles.